The molecule has 6 nitrogen and oxygen atoms in total. The van der Waals surface area contributed by atoms with Crippen LogP contribution in [0, 0.1) is 5.82 Å². The van der Waals surface area contributed by atoms with Crippen LogP contribution in [-0.2, 0) is 17.4 Å². The van der Waals surface area contributed by atoms with Crippen LogP contribution >= 0.6 is 27.5 Å². The van der Waals surface area contributed by atoms with Crippen molar-refractivity contribution in [3.05, 3.63) is 86.6 Å². The lowest BCUT2D eigenvalue weighted by molar-refractivity contribution is 0.0698. The highest BCUT2D eigenvalue weighted by Crippen LogP contribution is 2.33. The molecular formula is C22H15BrClFN2O4S. The highest BCUT2D eigenvalue weighted by molar-refractivity contribution is 9.10. The number of amides is 1. The molecule has 0 saturated heterocycles. The number of carbonyl (C=O) groups is 2. The second-order valence-electron chi connectivity index (χ2n) is 6.94. The number of anilines is 2. The van der Waals surface area contributed by atoms with Gasteiger partial charge in [0, 0.05) is 11.0 Å². The van der Waals surface area contributed by atoms with Crippen molar-refractivity contribution in [2.75, 3.05) is 16.2 Å². The molecule has 3 aromatic rings. The van der Waals surface area contributed by atoms with Crippen LogP contribution in [0.3, 0.4) is 0 Å². The van der Waals surface area contributed by atoms with Crippen LogP contribution in [-0.4, -0.2) is 27.7 Å². The van der Waals surface area contributed by atoms with E-state index in [0.717, 1.165) is 23.4 Å². The average molecular weight is 538 g/mol. The number of fused-ring (bicyclic) bond motifs is 1. The summed E-state index contributed by atoms with van der Waals surface area (Å²) in [4.78, 5) is 24.2. The van der Waals surface area contributed by atoms with Crippen LogP contribution in [0.25, 0.3) is 0 Å². The topological polar surface area (TPSA) is 86.7 Å². The second kappa shape index (κ2) is 9.01. The van der Waals surface area contributed by atoms with Crippen molar-refractivity contribution >= 4 is 61.8 Å². The summed E-state index contributed by atoms with van der Waals surface area (Å²) < 4.78 is 30.0. The van der Waals surface area contributed by atoms with E-state index >= 15 is 0 Å². The normalized spacial score (nSPS) is 13.5. The molecule has 3 aromatic carbocycles. The third-order valence-electron chi connectivity index (χ3n) is 4.96. The number of aromatic carboxylic acids is 1. The summed E-state index contributed by atoms with van der Waals surface area (Å²) >= 11 is 9.29. The molecule has 0 aliphatic carbocycles. The first kappa shape index (κ1) is 22.4. The molecule has 1 amide bonds. The minimum absolute atomic E-state index is 0.0437. The maximum absolute atomic E-state index is 14.7. The standard InChI is InChI=1S/C22H15BrClFN2O4S/c23-13-5-6-18(15(9-13)22(29)30)26-21(28)14-10-20(17(25)11-16(14)24)32(31)27-8-7-12-3-1-2-4-19(12)27/h1-6,9-11H,7-8H2,(H,26,28)(H,29,30). The third kappa shape index (κ3) is 4.28. The van der Waals surface area contributed by atoms with Crippen LogP contribution in [0.1, 0.15) is 26.3 Å². The lowest BCUT2D eigenvalue weighted by atomic mass is 10.1. The number of carboxylic acids is 1. The van der Waals surface area contributed by atoms with E-state index in [9.17, 15) is 23.3 Å². The van der Waals surface area contributed by atoms with Gasteiger partial charge < -0.3 is 10.4 Å². The number of nitrogens with one attached hydrogen (secondary N) is 1. The third-order valence-corrected chi connectivity index (χ3v) is 7.23. The number of halogens is 3. The summed E-state index contributed by atoms with van der Waals surface area (Å²) in [6.07, 6.45) is 0.673. The maximum atomic E-state index is 14.7. The van der Waals surface area contributed by atoms with Gasteiger partial charge in [0.1, 0.15) is 5.82 Å². The summed E-state index contributed by atoms with van der Waals surface area (Å²) in [6, 6.07) is 13.8. The highest BCUT2D eigenvalue weighted by Gasteiger charge is 2.28. The van der Waals surface area contributed by atoms with E-state index in [0.29, 0.717) is 17.4 Å². The Morgan fingerprint density at radius 1 is 1.12 bits per heavy atom. The van der Waals surface area contributed by atoms with Crippen LogP contribution in [0.5, 0.6) is 0 Å². The van der Waals surface area contributed by atoms with Gasteiger partial charge >= 0.3 is 5.97 Å². The second-order valence-corrected chi connectivity index (χ2v) is 9.64. The Morgan fingerprint density at radius 2 is 1.88 bits per heavy atom. The molecule has 4 rings (SSSR count). The average Bonchev–Trinajstić information content (AvgIpc) is 3.18. The number of para-hydroxylation sites is 1. The summed E-state index contributed by atoms with van der Waals surface area (Å²) in [7, 11) is -1.91. The first-order valence-electron chi connectivity index (χ1n) is 9.37. The van der Waals surface area contributed by atoms with Crippen molar-refractivity contribution in [2.45, 2.75) is 11.3 Å². The van der Waals surface area contributed by atoms with Crippen LogP contribution in [0.4, 0.5) is 15.8 Å². The summed E-state index contributed by atoms with van der Waals surface area (Å²) in [5, 5.41) is 11.7. The highest BCUT2D eigenvalue weighted by atomic mass is 79.9. The maximum Gasteiger partial charge on any atom is 0.337 e. The SMILES string of the molecule is O=C(Nc1ccc(Br)cc1C(=O)O)c1cc(S(=O)N2CCc3ccccc32)c(F)cc1Cl. The van der Waals surface area contributed by atoms with Gasteiger partial charge in [-0.2, -0.15) is 0 Å². The largest absolute Gasteiger partial charge is 0.478 e. The Hall–Kier alpha value is -2.75. The number of carbonyl (C=O) groups excluding carboxylic acids is 1. The Kier molecular flexibility index (Phi) is 6.32. The number of rotatable bonds is 5. The fraction of sp³-hybridized carbons (Fsp3) is 0.0909. The predicted molar refractivity (Wildman–Crippen MR) is 124 cm³/mol. The minimum atomic E-state index is -1.91. The van der Waals surface area contributed by atoms with Crippen LogP contribution in [0.15, 0.2) is 64.0 Å². The molecule has 1 atom stereocenters. The molecule has 1 unspecified atom stereocenters. The fourth-order valence-corrected chi connectivity index (χ4v) is 5.32. The van der Waals surface area contributed by atoms with Gasteiger partial charge in [0.2, 0.25) is 0 Å². The van der Waals surface area contributed by atoms with Crippen molar-refractivity contribution in [3.8, 4) is 0 Å². The Morgan fingerprint density at radius 3 is 2.62 bits per heavy atom. The van der Waals surface area contributed by atoms with Gasteiger partial charge in [0.15, 0.2) is 11.0 Å². The van der Waals surface area contributed by atoms with E-state index in [-0.39, 0.29) is 26.7 Å². The van der Waals surface area contributed by atoms with Gasteiger partial charge in [-0.05, 0) is 48.4 Å². The zero-order valence-electron chi connectivity index (χ0n) is 16.3. The zero-order valence-corrected chi connectivity index (χ0v) is 19.4. The van der Waals surface area contributed by atoms with Gasteiger partial charge in [-0.15, -0.1) is 0 Å². The molecular weight excluding hydrogens is 523 g/mol. The number of carboxylic acid groups (broad SMARTS) is 1. The van der Waals surface area contributed by atoms with E-state index in [4.69, 9.17) is 11.6 Å². The van der Waals surface area contributed by atoms with Crippen molar-refractivity contribution < 1.29 is 23.3 Å². The molecule has 1 heterocycles. The van der Waals surface area contributed by atoms with Gasteiger partial charge in [-0.1, -0.05) is 45.7 Å². The summed E-state index contributed by atoms with van der Waals surface area (Å²) in [5.74, 6) is -2.79. The van der Waals surface area contributed by atoms with Gasteiger partial charge in [-0.25, -0.2) is 13.4 Å². The monoisotopic (exact) mass is 536 g/mol. The van der Waals surface area contributed by atoms with Crippen molar-refractivity contribution in [1.82, 2.24) is 0 Å². The van der Waals surface area contributed by atoms with Gasteiger partial charge in [0.25, 0.3) is 5.91 Å². The molecule has 2 N–H and O–H groups in total. The van der Waals surface area contributed by atoms with E-state index in [1.807, 2.05) is 24.3 Å². The first-order valence-corrected chi connectivity index (χ1v) is 11.6. The lowest BCUT2D eigenvalue weighted by Gasteiger charge is -2.19. The quantitative estimate of drug-likeness (QED) is 0.464. The van der Waals surface area contributed by atoms with Gasteiger partial charge in [-0.3, -0.25) is 9.10 Å². The molecule has 0 aromatic heterocycles. The molecule has 1 aliphatic heterocycles. The fourth-order valence-electron chi connectivity index (χ4n) is 3.43. The first-order chi connectivity index (χ1) is 15.3. The molecule has 1 aliphatic rings. The molecule has 0 bridgehead atoms. The molecule has 10 heteroatoms. The smallest absolute Gasteiger partial charge is 0.337 e. The molecule has 32 heavy (non-hydrogen) atoms. The number of hydrogen-bond acceptors (Lipinski definition) is 3. The Balaban J connectivity index is 1.67. The number of hydrogen-bond donors (Lipinski definition) is 2. The Bertz CT molecular complexity index is 1290. The summed E-state index contributed by atoms with van der Waals surface area (Å²) in [6.45, 7) is 0.441. The summed E-state index contributed by atoms with van der Waals surface area (Å²) in [5.41, 5.74) is 1.53. The molecule has 0 spiro atoms. The molecule has 0 saturated carbocycles. The Labute approximate surface area is 198 Å². The predicted octanol–water partition coefficient (Wildman–Crippen LogP) is 5.28. The molecule has 0 radical (unpaired) electrons. The minimum Gasteiger partial charge on any atom is -0.478 e. The van der Waals surface area contributed by atoms with Crippen LogP contribution < -0.4 is 9.62 Å². The number of nitrogens with zero attached hydrogens (tertiary/aromatic N) is 1. The van der Waals surface area contributed by atoms with E-state index in [1.54, 1.807) is 10.4 Å². The lowest BCUT2D eigenvalue weighted by Crippen LogP contribution is -2.24. The van der Waals surface area contributed by atoms with E-state index in [2.05, 4.69) is 21.2 Å². The number of benzene rings is 3. The molecule has 0 fully saturated rings. The van der Waals surface area contributed by atoms with Gasteiger partial charge in [0.05, 0.1) is 32.4 Å². The zero-order chi connectivity index (χ0) is 23.0. The van der Waals surface area contributed by atoms with Crippen LogP contribution in [0.2, 0.25) is 5.02 Å². The molecule has 164 valence electrons. The van der Waals surface area contributed by atoms with Crippen molar-refractivity contribution in [2.24, 2.45) is 0 Å². The van der Waals surface area contributed by atoms with Crippen molar-refractivity contribution in [3.63, 3.8) is 0 Å². The van der Waals surface area contributed by atoms with E-state index < -0.39 is 28.7 Å². The van der Waals surface area contributed by atoms with E-state index in [1.165, 1.54) is 12.1 Å². The van der Waals surface area contributed by atoms with Crippen molar-refractivity contribution in [1.29, 1.82) is 0 Å².